The first-order valence-corrected chi connectivity index (χ1v) is 8.52. The molecule has 7 heteroatoms. The first-order valence-electron chi connectivity index (χ1n) is 8.52. The third-order valence-electron chi connectivity index (χ3n) is 3.14. The Labute approximate surface area is 140 Å². The van der Waals surface area contributed by atoms with E-state index in [1.807, 2.05) is 6.92 Å². The van der Waals surface area contributed by atoms with Crippen molar-refractivity contribution in [3.63, 3.8) is 0 Å². The van der Waals surface area contributed by atoms with Gasteiger partial charge in [0.1, 0.15) is 6.61 Å². The Hall–Kier alpha value is -0.730. The lowest BCUT2D eigenvalue weighted by Gasteiger charge is -2.10. The molecule has 0 saturated carbocycles. The van der Waals surface area contributed by atoms with Crippen LogP contribution in [0.1, 0.15) is 33.1 Å². The van der Waals surface area contributed by atoms with Crippen LogP contribution in [0.3, 0.4) is 0 Å². The van der Waals surface area contributed by atoms with Gasteiger partial charge in [0.05, 0.1) is 45.7 Å². The van der Waals surface area contributed by atoms with Gasteiger partial charge in [-0.05, 0) is 32.7 Å². The van der Waals surface area contributed by atoms with Gasteiger partial charge in [0, 0.05) is 6.54 Å². The molecule has 1 unspecified atom stereocenters. The summed E-state index contributed by atoms with van der Waals surface area (Å²) in [6.07, 6.45) is 3.11. The van der Waals surface area contributed by atoms with E-state index in [0.717, 1.165) is 19.3 Å². The summed E-state index contributed by atoms with van der Waals surface area (Å²) in [7, 11) is 0. The van der Waals surface area contributed by atoms with E-state index in [0.29, 0.717) is 52.7 Å². The molecule has 0 aliphatic rings. The van der Waals surface area contributed by atoms with Gasteiger partial charge < -0.3 is 30.0 Å². The maximum atomic E-state index is 11.4. The molecule has 1 amide bonds. The number of hydrogen-bond donors (Lipinski definition) is 2. The second kappa shape index (κ2) is 17.6. The molecule has 0 radical (unpaired) electrons. The molecule has 3 N–H and O–H groups in total. The molecule has 1 atom stereocenters. The van der Waals surface area contributed by atoms with Gasteiger partial charge in [-0.15, -0.1) is 0 Å². The zero-order valence-corrected chi connectivity index (χ0v) is 14.7. The largest absolute Gasteiger partial charge is 0.377 e. The normalized spacial score (nSPS) is 12.3. The van der Waals surface area contributed by atoms with Crippen LogP contribution in [0.5, 0.6) is 0 Å². The van der Waals surface area contributed by atoms with E-state index in [4.69, 9.17) is 24.7 Å². The average Bonchev–Trinajstić information content (AvgIpc) is 2.56. The molecule has 23 heavy (non-hydrogen) atoms. The van der Waals surface area contributed by atoms with Gasteiger partial charge in [0.25, 0.3) is 0 Å². The topological polar surface area (TPSA) is 92.0 Å². The van der Waals surface area contributed by atoms with Crippen LogP contribution in [0.15, 0.2) is 0 Å². The summed E-state index contributed by atoms with van der Waals surface area (Å²) in [5.74, 6) is -0.105. The van der Waals surface area contributed by atoms with Crippen molar-refractivity contribution < 1.29 is 23.7 Å². The lowest BCUT2D eigenvalue weighted by molar-refractivity contribution is -0.126. The van der Waals surface area contributed by atoms with Crippen molar-refractivity contribution >= 4 is 5.91 Å². The molecule has 0 aliphatic carbocycles. The van der Waals surface area contributed by atoms with Gasteiger partial charge in [-0.1, -0.05) is 6.92 Å². The molecule has 0 saturated heterocycles. The van der Waals surface area contributed by atoms with Crippen molar-refractivity contribution in [3.8, 4) is 0 Å². The minimum atomic E-state index is -0.105. The second-order valence-corrected chi connectivity index (χ2v) is 5.21. The lowest BCUT2D eigenvalue weighted by Crippen LogP contribution is -2.29. The predicted octanol–water partition coefficient (Wildman–Crippen LogP) is 0.706. The van der Waals surface area contributed by atoms with E-state index in [1.165, 1.54) is 0 Å². The van der Waals surface area contributed by atoms with Crippen molar-refractivity contribution in [2.75, 3.05) is 59.3 Å². The van der Waals surface area contributed by atoms with Gasteiger partial charge in [-0.25, -0.2) is 0 Å². The van der Waals surface area contributed by atoms with Crippen LogP contribution in [0.2, 0.25) is 0 Å². The van der Waals surface area contributed by atoms with Crippen LogP contribution in [-0.4, -0.2) is 71.3 Å². The Morgan fingerprint density at radius 2 is 1.61 bits per heavy atom. The van der Waals surface area contributed by atoms with Gasteiger partial charge in [-0.3, -0.25) is 4.79 Å². The third-order valence-corrected chi connectivity index (χ3v) is 3.14. The minimum absolute atomic E-state index is 0.0649. The molecule has 0 heterocycles. The van der Waals surface area contributed by atoms with Crippen LogP contribution < -0.4 is 11.1 Å². The number of unbranched alkanes of at least 4 members (excludes halogenated alkanes) is 1. The van der Waals surface area contributed by atoms with Crippen LogP contribution >= 0.6 is 0 Å². The molecule has 0 spiro atoms. The Kier molecular flexibility index (Phi) is 17.1. The molecule has 0 fully saturated rings. The number of amides is 1. The fourth-order valence-corrected chi connectivity index (χ4v) is 1.58. The smallest absolute Gasteiger partial charge is 0.245 e. The SMILES string of the molecule is CCC(C)OCCOCCOCCOCC(=O)NCCCCN. The van der Waals surface area contributed by atoms with E-state index in [1.54, 1.807) is 0 Å². The average molecular weight is 334 g/mol. The quantitative estimate of drug-likeness (QED) is 0.381. The molecule has 0 bridgehead atoms. The van der Waals surface area contributed by atoms with Crippen molar-refractivity contribution in [2.45, 2.75) is 39.2 Å². The maximum Gasteiger partial charge on any atom is 0.245 e. The summed E-state index contributed by atoms with van der Waals surface area (Å²) in [5.41, 5.74) is 5.37. The Balaban J connectivity index is 3.14. The lowest BCUT2D eigenvalue weighted by atomic mass is 10.3. The van der Waals surface area contributed by atoms with Crippen LogP contribution in [-0.2, 0) is 23.7 Å². The molecule has 0 aromatic rings. The molecule has 0 rings (SSSR count). The fraction of sp³-hybridized carbons (Fsp3) is 0.938. The number of carbonyl (C=O) groups excluding carboxylic acids is 1. The highest BCUT2D eigenvalue weighted by Crippen LogP contribution is 1.94. The molecule has 7 nitrogen and oxygen atoms in total. The summed E-state index contributed by atoms with van der Waals surface area (Å²) < 4.78 is 21.4. The third kappa shape index (κ3) is 17.5. The first-order chi connectivity index (χ1) is 11.2. The zero-order valence-electron chi connectivity index (χ0n) is 14.7. The Morgan fingerprint density at radius 3 is 2.22 bits per heavy atom. The summed E-state index contributed by atoms with van der Waals surface area (Å²) in [6.45, 7) is 8.58. The Morgan fingerprint density at radius 1 is 1.00 bits per heavy atom. The monoisotopic (exact) mass is 334 g/mol. The molecule has 138 valence electrons. The summed E-state index contributed by atoms with van der Waals surface area (Å²) in [5, 5.41) is 2.77. The second-order valence-electron chi connectivity index (χ2n) is 5.21. The van der Waals surface area contributed by atoms with E-state index in [2.05, 4.69) is 12.2 Å². The molecule has 0 aromatic heterocycles. The zero-order chi connectivity index (χ0) is 17.2. The van der Waals surface area contributed by atoms with Crippen molar-refractivity contribution in [3.05, 3.63) is 0 Å². The van der Waals surface area contributed by atoms with Crippen molar-refractivity contribution in [2.24, 2.45) is 5.73 Å². The highest BCUT2D eigenvalue weighted by molar-refractivity contribution is 5.77. The standard InChI is InChI=1S/C16H34N2O5/c1-3-15(2)23-13-12-21-9-8-20-10-11-22-14-16(19)18-7-5-4-6-17/h15H,3-14,17H2,1-2H3,(H,18,19). The number of ether oxygens (including phenoxy) is 4. The van der Waals surface area contributed by atoms with Gasteiger partial charge >= 0.3 is 0 Å². The number of carbonyl (C=O) groups is 1. The van der Waals surface area contributed by atoms with Gasteiger partial charge in [0.15, 0.2) is 0 Å². The van der Waals surface area contributed by atoms with E-state index in [9.17, 15) is 4.79 Å². The van der Waals surface area contributed by atoms with Crippen LogP contribution in [0, 0.1) is 0 Å². The Bertz CT molecular complexity index is 267. The molecule has 0 aromatic carbocycles. The predicted molar refractivity (Wildman–Crippen MR) is 89.5 cm³/mol. The van der Waals surface area contributed by atoms with E-state index >= 15 is 0 Å². The number of nitrogens with two attached hydrogens (primary N) is 1. The van der Waals surface area contributed by atoms with E-state index in [-0.39, 0.29) is 18.6 Å². The van der Waals surface area contributed by atoms with Crippen LogP contribution in [0.25, 0.3) is 0 Å². The van der Waals surface area contributed by atoms with Gasteiger partial charge in [-0.2, -0.15) is 0 Å². The fourth-order valence-electron chi connectivity index (χ4n) is 1.58. The first kappa shape index (κ1) is 22.3. The number of nitrogens with one attached hydrogen (secondary N) is 1. The number of rotatable bonds is 17. The van der Waals surface area contributed by atoms with Crippen molar-refractivity contribution in [1.29, 1.82) is 0 Å². The van der Waals surface area contributed by atoms with Crippen molar-refractivity contribution in [1.82, 2.24) is 5.32 Å². The van der Waals surface area contributed by atoms with Gasteiger partial charge in [0.2, 0.25) is 5.91 Å². The minimum Gasteiger partial charge on any atom is -0.377 e. The maximum absolute atomic E-state index is 11.4. The van der Waals surface area contributed by atoms with Crippen LogP contribution in [0.4, 0.5) is 0 Å². The molecular formula is C16H34N2O5. The van der Waals surface area contributed by atoms with E-state index < -0.39 is 0 Å². The highest BCUT2D eigenvalue weighted by Gasteiger charge is 2.00. The molecule has 0 aliphatic heterocycles. The highest BCUT2D eigenvalue weighted by atomic mass is 16.6. The number of hydrogen-bond acceptors (Lipinski definition) is 6. The summed E-state index contributed by atoms with van der Waals surface area (Å²) in [4.78, 5) is 11.4. The summed E-state index contributed by atoms with van der Waals surface area (Å²) in [6, 6.07) is 0. The molecular weight excluding hydrogens is 300 g/mol. The summed E-state index contributed by atoms with van der Waals surface area (Å²) >= 11 is 0.